The Morgan fingerprint density at radius 1 is 0.981 bits per heavy atom. The van der Waals surface area contributed by atoms with Crippen molar-refractivity contribution in [3.8, 4) is 17.2 Å². The summed E-state index contributed by atoms with van der Waals surface area (Å²) in [5, 5.41) is 13.3. The van der Waals surface area contributed by atoms with Gasteiger partial charge in [0.1, 0.15) is 23.1 Å². The minimum Gasteiger partial charge on any atom is -0.497 e. The molecule has 3 aromatic rings. The smallest absolute Gasteiger partial charge is 0.309 e. The van der Waals surface area contributed by atoms with Crippen molar-refractivity contribution in [1.29, 1.82) is 0 Å². The molecule has 2 aliphatic heterocycles. The van der Waals surface area contributed by atoms with Crippen molar-refractivity contribution >= 4 is 39.3 Å². The summed E-state index contributed by atoms with van der Waals surface area (Å²) < 4.78 is 31.2. The van der Waals surface area contributed by atoms with Crippen molar-refractivity contribution in [2.75, 3.05) is 33.9 Å². The molecule has 2 atom stereocenters. The number of carbonyl (C=O) groups is 3. The molecule has 2 N–H and O–H groups in total. The van der Waals surface area contributed by atoms with Gasteiger partial charge in [0, 0.05) is 55.8 Å². The van der Waals surface area contributed by atoms with Crippen LogP contribution < -0.4 is 19.5 Å². The molecule has 288 valence electrons. The number of hydrogen-bond donors (Lipinski definition) is 2. The average Bonchev–Trinajstić information content (AvgIpc) is 4.01. The van der Waals surface area contributed by atoms with E-state index in [9.17, 15) is 23.9 Å². The Hall–Kier alpha value is -4.42. The molecule has 1 aliphatic carbocycles. The van der Waals surface area contributed by atoms with E-state index in [1.807, 2.05) is 23.1 Å². The number of nitrogens with zero attached hydrogens (tertiary/aromatic N) is 2. The Morgan fingerprint density at radius 2 is 1.69 bits per heavy atom. The molecule has 1 saturated heterocycles. The number of halogens is 2. The van der Waals surface area contributed by atoms with Gasteiger partial charge >= 0.3 is 5.97 Å². The number of aryl methyl sites for hydroxylation is 1. The van der Waals surface area contributed by atoms with E-state index in [4.69, 9.17) is 14.2 Å². The highest BCUT2D eigenvalue weighted by molar-refractivity contribution is 9.10. The topological polar surface area (TPSA) is 118 Å². The van der Waals surface area contributed by atoms with Crippen LogP contribution in [0.25, 0.3) is 5.57 Å². The maximum Gasteiger partial charge on any atom is 0.309 e. The van der Waals surface area contributed by atoms with Gasteiger partial charge in [-0.05, 0) is 115 Å². The predicted molar refractivity (Wildman–Crippen MR) is 207 cm³/mol. The Labute approximate surface area is 324 Å². The fourth-order valence-electron chi connectivity index (χ4n) is 7.24. The zero-order chi connectivity index (χ0) is 38.6. The molecule has 0 aromatic heterocycles. The van der Waals surface area contributed by atoms with E-state index in [1.165, 1.54) is 12.1 Å². The molecular formula is C42H49BrFN3O7. The normalized spacial score (nSPS) is 18.3. The molecule has 2 amide bonds. The number of fused-ring (bicyclic) bond motifs is 2. The summed E-state index contributed by atoms with van der Waals surface area (Å²) in [6.45, 7) is 4.88. The van der Waals surface area contributed by atoms with Crippen LogP contribution in [0.3, 0.4) is 0 Å². The molecule has 10 nitrogen and oxygen atoms in total. The number of benzene rings is 3. The Balaban J connectivity index is 1.25. The maximum atomic E-state index is 14.9. The lowest BCUT2D eigenvalue weighted by Crippen LogP contribution is -2.62. The highest BCUT2D eigenvalue weighted by Gasteiger charge is 2.43. The molecule has 2 unspecified atom stereocenters. The average molecular weight is 807 g/mol. The molecule has 2 heterocycles. The van der Waals surface area contributed by atoms with Gasteiger partial charge in [0.2, 0.25) is 5.91 Å². The fraction of sp³-hybridized carbons (Fsp3) is 0.452. The van der Waals surface area contributed by atoms with Crippen molar-refractivity contribution in [3.63, 3.8) is 0 Å². The monoisotopic (exact) mass is 805 g/mol. The molecule has 6 rings (SSSR count). The number of ether oxygens (including phenoxy) is 3. The van der Waals surface area contributed by atoms with Crippen molar-refractivity contribution in [3.05, 3.63) is 93.2 Å². The SMILES string of the molecule is COc1cc(CN(C(=O)C2=C(c3ccc(CCCOc4cc(F)ccc4Br)cc3)CC3CN(C(=O)CCC(C)(C)C(=O)O)CC2N3)C2CC2)cc(OC)c1. The second-order valence-electron chi connectivity index (χ2n) is 15.1. The number of aliphatic carboxylic acids is 1. The lowest BCUT2D eigenvalue weighted by Gasteiger charge is -2.45. The van der Waals surface area contributed by atoms with Gasteiger partial charge < -0.3 is 34.4 Å². The van der Waals surface area contributed by atoms with E-state index in [-0.39, 0.29) is 42.6 Å². The minimum atomic E-state index is -1.01. The second-order valence-corrected chi connectivity index (χ2v) is 16.0. The van der Waals surface area contributed by atoms with Crippen LogP contribution >= 0.6 is 15.9 Å². The van der Waals surface area contributed by atoms with E-state index in [0.29, 0.717) is 60.0 Å². The summed E-state index contributed by atoms with van der Waals surface area (Å²) in [6, 6.07) is 18.0. The molecule has 1 saturated carbocycles. The van der Waals surface area contributed by atoms with Crippen LogP contribution in [0.2, 0.25) is 0 Å². The highest BCUT2D eigenvalue weighted by atomic mass is 79.9. The number of amides is 2. The number of nitrogens with one attached hydrogen (secondary N) is 1. The van der Waals surface area contributed by atoms with Crippen molar-refractivity contribution in [1.82, 2.24) is 15.1 Å². The minimum absolute atomic E-state index is 0.0590. The third-order valence-corrected chi connectivity index (χ3v) is 11.3. The summed E-state index contributed by atoms with van der Waals surface area (Å²) in [5.41, 5.74) is 3.62. The third kappa shape index (κ3) is 9.44. The lowest BCUT2D eigenvalue weighted by molar-refractivity contribution is -0.148. The molecule has 12 heteroatoms. The number of piperazine rings is 1. The number of rotatable bonds is 16. The zero-order valence-corrected chi connectivity index (χ0v) is 32.9. The largest absolute Gasteiger partial charge is 0.497 e. The van der Waals surface area contributed by atoms with Crippen molar-refractivity contribution in [2.45, 2.75) is 83.5 Å². The fourth-order valence-corrected chi connectivity index (χ4v) is 7.60. The Bertz CT molecular complexity index is 1870. The van der Waals surface area contributed by atoms with Gasteiger partial charge in [-0.2, -0.15) is 0 Å². The maximum absolute atomic E-state index is 14.9. The number of carboxylic acids is 1. The number of hydrogen-bond acceptors (Lipinski definition) is 7. The molecule has 3 aliphatic rings. The van der Waals surface area contributed by atoms with E-state index in [0.717, 1.165) is 47.9 Å². The quantitative estimate of drug-likeness (QED) is 0.148. The van der Waals surface area contributed by atoms with E-state index in [2.05, 4.69) is 45.5 Å². The molecule has 0 radical (unpaired) electrons. The summed E-state index contributed by atoms with van der Waals surface area (Å²) in [6.07, 6.45) is 4.23. The first-order valence-electron chi connectivity index (χ1n) is 18.6. The van der Waals surface area contributed by atoms with Crippen LogP contribution in [0, 0.1) is 11.2 Å². The van der Waals surface area contributed by atoms with Crippen LogP contribution in [0.15, 0.2) is 70.7 Å². The summed E-state index contributed by atoms with van der Waals surface area (Å²) in [4.78, 5) is 44.0. The molecule has 3 aromatic carbocycles. The molecule has 0 spiro atoms. The first-order chi connectivity index (χ1) is 25.8. The van der Waals surface area contributed by atoms with Crippen molar-refractivity contribution < 1.29 is 38.1 Å². The molecule has 2 bridgehead atoms. The molecule has 54 heavy (non-hydrogen) atoms. The summed E-state index contributed by atoms with van der Waals surface area (Å²) in [5.74, 6) is 0.330. The first-order valence-corrected chi connectivity index (χ1v) is 19.3. The first kappa shape index (κ1) is 39.3. The highest BCUT2D eigenvalue weighted by Crippen LogP contribution is 2.38. The molecular weight excluding hydrogens is 757 g/mol. The van der Waals surface area contributed by atoms with Gasteiger partial charge in [0.05, 0.1) is 36.8 Å². The van der Waals surface area contributed by atoms with Crippen LogP contribution in [0.5, 0.6) is 17.2 Å². The van der Waals surface area contributed by atoms with Crippen molar-refractivity contribution in [2.24, 2.45) is 5.41 Å². The standard InChI is InChI=1S/C42H49BrFN3O7/c1-42(2,41(50)51)16-15-38(48)46-24-30-21-34(28-9-7-26(8-10-28)6-5-17-54-37-20-29(44)11-14-35(37)43)39(36(25-46)45-30)40(49)47(31-12-13-31)23-27-18-32(52-3)22-33(19-27)53-4/h7-11,14,18-20,22,30-31,36,45H,5-6,12-13,15-17,21,23-25H2,1-4H3,(H,50,51). The van der Waals surface area contributed by atoms with Gasteiger partial charge in [-0.3, -0.25) is 14.4 Å². The van der Waals surface area contributed by atoms with Crippen LogP contribution in [-0.4, -0.2) is 84.7 Å². The number of carbonyl (C=O) groups excluding carboxylic acids is 2. The van der Waals surface area contributed by atoms with Crippen LogP contribution in [0.1, 0.15) is 69.1 Å². The Kier molecular flexibility index (Phi) is 12.3. The van der Waals surface area contributed by atoms with Crippen LogP contribution in [0.4, 0.5) is 4.39 Å². The van der Waals surface area contributed by atoms with E-state index < -0.39 is 17.4 Å². The van der Waals surface area contributed by atoms with E-state index >= 15 is 0 Å². The summed E-state index contributed by atoms with van der Waals surface area (Å²) >= 11 is 3.41. The number of methoxy groups -OCH3 is 2. The van der Waals surface area contributed by atoms with Gasteiger partial charge in [-0.1, -0.05) is 24.3 Å². The third-order valence-electron chi connectivity index (χ3n) is 10.6. The second kappa shape index (κ2) is 16.9. The lowest BCUT2D eigenvalue weighted by atomic mass is 9.82. The van der Waals surface area contributed by atoms with Gasteiger partial charge in [-0.15, -0.1) is 0 Å². The van der Waals surface area contributed by atoms with Gasteiger partial charge in [-0.25, -0.2) is 4.39 Å². The van der Waals surface area contributed by atoms with E-state index in [1.54, 1.807) is 39.0 Å². The number of carboxylic acid groups (broad SMARTS) is 1. The zero-order valence-electron chi connectivity index (χ0n) is 31.3. The predicted octanol–water partition coefficient (Wildman–Crippen LogP) is 7.03. The molecule has 2 fully saturated rings. The van der Waals surface area contributed by atoms with Crippen LogP contribution in [-0.2, 0) is 27.3 Å². The van der Waals surface area contributed by atoms with Gasteiger partial charge in [0.15, 0.2) is 0 Å². The summed E-state index contributed by atoms with van der Waals surface area (Å²) in [7, 11) is 3.21. The van der Waals surface area contributed by atoms with Gasteiger partial charge in [0.25, 0.3) is 5.91 Å². The Morgan fingerprint density at radius 3 is 2.33 bits per heavy atom.